The summed E-state index contributed by atoms with van der Waals surface area (Å²) in [6.07, 6.45) is -2.58. The van der Waals surface area contributed by atoms with Gasteiger partial charge in [0.2, 0.25) is 0 Å². The van der Waals surface area contributed by atoms with Gasteiger partial charge in [0, 0.05) is 22.7 Å². The number of anilines is 1. The molecule has 2 saturated heterocycles. The van der Waals surface area contributed by atoms with E-state index in [2.05, 4.69) is 10.4 Å². The predicted octanol–water partition coefficient (Wildman–Crippen LogP) is 5.80. The van der Waals surface area contributed by atoms with Gasteiger partial charge < -0.3 is 5.11 Å². The van der Waals surface area contributed by atoms with Crippen molar-refractivity contribution in [3.63, 3.8) is 0 Å². The number of carbonyl (C=O) groups is 4. The topological polar surface area (TPSA) is 140 Å². The number of halogens is 5. The lowest BCUT2D eigenvalue weighted by molar-refractivity contribution is -0.173. The number of hydroxylamine groups is 2. The van der Waals surface area contributed by atoms with Crippen LogP contribution in [0, 0.1) is 30.6 Å². The fourth-order valence-corrected chi connectivity index (χ4v) is 8.36. The summed E-state index contributed by atoms with van der Waals surface area (Å²) >= 11 is 12.4. The van der Waals surface area contributed by atoms with Gasteiger partial charge in [0.15, 0.2) is 5.82 Å². The van der Waals surface area contributed by atoms with E-state index < -0.39 is 81.2 Å². The number of hydrazine groups is 1. The molecule has 4 aliphatic rings. The second kappa shape index (κ2) is 11.0. The van der Waals surface area contributed by atoms with Gasteiger partial charge in [-0.1, -0.05) is 65.2 Å². The lowest BCUT2D eigenvalue weighted by Crippen LogP contribution is -2.53. The fraction of sp³-hybridized carbons (Fsp3) is 0.303. The monoisotopic (exact) mass is 700 g/mol. The maximum atomic E-state index is 15.0. The number of rotatable bonds is 4. The van der Waals surface area contributed by atoms with Crippen LogP contribution >= 0.6 is 23.2 Å². The number of allylic oxidation sites excluding steroid dienone is 2. The van der Waals surface area contributed by atoms with E-state index in [4.69, 9.17) is 23.2 Å². The van der Waals surface area contributed by atoms with Gasteiger partial charge in [-0.05, 0) is 55.0 Å². The van der Waals surface area contributed by atoms with Crippen LogP contribution < -0.4 is 5.43 Å². The number of phenols is 1. The SMILES string of the molecule is Cc1cccc([C@H]2C3=CC[C@@H]4C(=O)N(O)C(=O)[C@@H]4[C@@H]3C[C@H]3C(=O)N(Nc4ncc(C(F)(F)F)cc4Cl)C(=O)[C@@]23c2ccc(Cl)cc2)c1O. The molecule has 2 aliphatic carbocycles. The lowest BCUT2D eigenvalue weighted by Gasteiger charge is -2.50. The van der Waals surface area contributed by atoms with Gasteiger partial charge in [-0.2, -0.15) is 23.2 Å². The molecule has 3 heterocycles. The van der Waals surface area contributed by atoms with E-state index in [1.165, 1.54) is 12.1 Å². The molecule has 6 atom stereocenters. The number of fused-ring (bicyclic) bond motifs is 4. The number of para-hydroxylation sites is 1. The molecule has 3 aromatic rings. The first-order valence-electron chi connectivity index (χ1n) is 14.9. The zero-order valence-electron chi connectivity index (χ0n) is 24.8. The number of pyridine rings is 1. The van der Waals surface area contributed by atoms with Gasteiger partial charge >= 0.3 is 6.18 Å². The molecular formula is C33H25Cl2F3N4O6. The number of aromatic hydroxyl groups is 1. The largest absolute Gasteiger partial charge is 0.507 e. The van der Waals surface area contributed by atoms with Gasteiger partial charge in [-0.3, -0.25) is 29.8 Å². The van der Waals surface area contributed by atoms with E-state index in [0.717, 1.165) is 0 Å². The minimum atomic E-state index is -4.75. The first kappa shape index (κ1) is 32.1. The first-order chi connectivity index (χ1) is 22.7. The number of benzene rings is 2. The number of hydrogen-bond acceptors (Lipinski definition) is 8. The Morgan fingerprint density at radius 1 is 1.00 bits per heavy atom. The van der Waals surface area contributed by atoms with Gasteiger partial charge in [0.1, 0.15) is 5.75 Å². The molecule has 0 radical (unpaired) electrons. The second-order valence-corrected chi connectivity index (χ2v) is 13.3. The summed E-state index contributed by atoms with van der Waals surface area (Å²) < 4.78 is 40.0. The molecule has 0 bridgehead atoms. The Balaban J connectivity index is 1.46. The number of nitrogens with one attached hydrogen (secondary N) is 1. The third-order valence-corrected chi connectivity index (χ3v) is 10.7. The number of aromatic nitrogens is 1. The Kier molecular flexibility index (Phi) is 7.38. The number of phenolic OH excluding ortho intramolecular Hbond substituents is 1. The number of alkyl halides is 3. The van der Waals surface area contributed by atoms with Gasteiger partial charge in [-0.25, -0.2) is 4.98 Å². The summed E-state index contributed by atoms with van der Waals surface area (Å²) in [5, 5.41) is 22.4. The van der Waals surface area contributed by atoms with Crippen molar-refractivity contribution < 1.29 is 42.7 Å². The summed E-state index contributed by atoms with van der Waals surface area (Å²) in [4.78, 5) is 59.5. The molecule has 1 saturated carbocycles. The highest BCUT2D eigenvalue weighted by molar-refractivity contribution is 6.33. The van der Waals surface area contributed by atoms with Crippen molar-refractivity contribution in [2.75, 3.05) is 5.43 Å². The quantitative estimate of drug-likeness (QED) is 0.176. The zero-order valence-corrected chi connectivity index (χ0v) is 26.3. The molecule has 48 heavy (non-hydrogen) atoms. The number of hydrogen-bond donors (Lipinski definition) is 3. The number of carbonyl (C=O) groups excluding carboxylic acids is 4. The predicted molar refractivity (Wildman–Crippen MR) is 163 cm³/mol. The van der Waals surface area contributed by atoms with E-state index in [1.807, 2.05) is 0 Å². The summed E-state index contributed by atoms with van der Waals surface area (Å²) in [6.45, 7) is 1.66. The summed E-state index contributed by atoms with van der Waals surface area (Å²) in [5.74, 6) is -8.86. The molecule has 10 nitrogen and oxygen atoms in total. The van der Waals surface area contributed by atoms with Crippen molar-refractivity contribution in [1.82, 2.24) is 15.1 Å². The molecule has 248 valence electrons. The number of amides is 4. The van der Waals surface area contributed by atoms with E-state index in [-0.39, 0.29) is 29.2 Å². The molecule has 15 heteroatoms. The molecular weight excluding hydrogens is 676 g/mol. The molecule has 0 spiro atoms. The summed E-state index contributed by atoms with van der Waals surface area (Å²) in [7, 11) is 0. The molecule has 0 unspecified atom stereocenters. The molecule has 4 amide bonds. The highest BCUT2D eigenvalue weighted by Gasteiger charge is 2.70. The van der Waals surface area contributed by atoms with Crippen LogP contribution in [0.1, 0.15) is 41.0 Å². The molecule has 1 aromatic heterocycles. The van der Waals surface area contributed by atoms with E-state index in [0.29, 0.717) is 39.0 Å². The third kappa shape index (κ3) is 4.47. The Morgan fingerprint density at radius 3 is 2.38 bits per heavy atom. The smallest absolute Gasteiger partial charge is 0.417 e. The van der Waals surface area contributed by atoms with Crippen LogP contribution in [0.15, 0.2) is 66.4 Å². The van der Waals surface area contributed by atoms with Crippen LogP contribution in [0.2, 0.25) is 10.0 Å². The van der Waals surface area contributed by atoms with Crippen LogP contribution in [0.3, 0.4) is 0 Å². The van der Waals surface area contributed by atoms with Crippen LogP contribution in [-0.4, -0.2) is 49.0 Å². The van der Waals surface area contributed by atoms with Gasteiger partial charge in [-0.15, -0.1) is 0 Å². The second-order valence-electron chi connectivity index (χ2n) is 12.4. The average Bonchev–Trinajstić information content (AvgIpc) is 3.39. The van der Waals surface area contributed by atoms with Gasteiger partial charge in [0.25, 0.3) is 23.6 Å². The highest BCUT2D eigenvalue weighted by atomic mass is 35.5. The van der Waals surface area contributed by atoms with Crippen molar-refractivity contribution in [3.8, 4) is 5.75 Å². The molecule has 7 rings (SSSR count). The van der Waals surface area contributed by atoms with Crippen LogP contribution in [-0.2, 0) is 30.8 Å². The minimum Gasteiger partial charge on any atom is -0.507 e. The summed E-state index contributed by atoms with van der Waals surface area (Å²) in [6, 6.07) is 11.8. The Morgan fingerprint density at radius 2 is 1.71 bits per heavy atom. The Bertz CT molecular complexity index is 1950. The number of aryl methyl sites for hydroxylation is 1. The normalized spacial score (nSPS) is 28.3. The molecule has 2 aromatic carbocycles. The van der Waals surface area contributed by atoms with Gasteiger partial charge in [0.05, 0.1) is 33.8 Å². The van der Waals surface area contributed by atoms with Crippen molar-refractivity contribution in [2.24, 2.45) is 23.7 Å². The van der Waals surface area contributed by atoms with Crippen LogP contribution in [0.25, 0.3) is 0 Å². The van der Waals surface area contributed by atoms with E-state index in [9.17, 15) is 37.9 Å². The van der Waals surface area contributed by atoms with Crippen molar-refractivity contribution in [2.45, 2.75) is 37.3 Å². The highest BCUT2D eigenvalue weighted by Crippen LogP contribution is 2.65. The first-order valence-corrected chi connectivity index (χ1v) is 15.6. The maximum Gasteiger partial charge on any atom is 0.417 e. The van der Waals surface area contributed by atoms with Crippen LogP contribution in [0.5, 0.6) is 5.75 Å². The number of imide groups is 2. The van der Waals surface area contributed by atoms with E-state index in [1.54, 1.807) is 43.3 Å². The third-order valence-electron chi connectivity index (χ3n) is 10.1. The molecule has 3 N–H and O–H groups in total. The number of nitrogens with zero attached hydrogens (tertiary/aromatic N) is 3. The Labute approximate surface area is 280 Å². The van der Waals surface area contributed by atoms with Crippen molar-refractivity contribution in [1.29, 1.82) is 0 Å². The average molecular weight is 701 g/mol. The standard InChI is InChI=1S/C33H25Cl2F3N4O6/c1-14-3-2-4-20(26(14)43)25-18-9-10-19-24(30(46)42(48)28(19)44)21(18)12-22-29(45)41(31(47)32(22,25)15-5-7-17(34)8-6-15)40-27-23(35)11-16(13-39-27)33(36,37)38/h2-9,11,13,19,21-22,24-25,43,48H,10,12H2,1H3,(H,39,40)/t19-,21+,22-,24-,25+,32+/m0/s1. The minimum absolute atomic E-state index is 0.0533. The Hall–Kier alpha value is -4.46. The van der Waals surface area contributed by atoms with E-state index >= 15 is 4.79 Å². The van der Waals surface area contributed by atoms with Crippen molar-refractivity contribution >= 4 is 52.6 Å². The molecule has 2 aliphatic heterocycles. The maximum absolute atomic E-state index is 15.0. The zero-order chi connectivity index (χ0) is 34.4. The van der Waals surface area contributed by atoms with Crippen molar-refractivity contribution in [3.05, 3.63) is 98.7 Å². The summed E-state index contributed by atoms with van der Waals surface area (Å²) in [5.41, 5.74) is 1.21. The molecule has 3 fully saturated rings. The van der Waals surface area contributed by atoms with Crippen LogP contribution in [0.4, 0.5) is 19.0 Å². The lowest BCUT2D eigenvalue weighted by atomic mass is 9.49. The fourth-order valence-electron chi connectivity index (χ4n) is 8.03.